The molecule has 6 rings (SSSR count). The van der Waals surface area contributed by atoms with E-state index in [1.807, 2.05) is 0 Å². The van der Waals surface area contributed by atoms with Crippen LogP contribution in [0.2, 0.25) is 0 Å². The maximum Gasteiger partial charge on any atom is 0.187 e. The minimum absolute atomic E-state index is 0.133. The van der Waals surface area contributed by atoms with E-state index < -0.39 is 255 Å². The van der Waals surface area contributed by atoms with Crippen LogP contribution in [0, 0.1) is 0 Å². The summed E-state index contributed by atoms with van der Waals surface area (Å²) in [5.41, 5.74) is 0. The van der Waals surface area contributed by atoms with Crippen LogP contribution in [0.3, 0.4) is 0 Å². The highest BCUT2D eigenvalue weighted by Crippen LogP contribution is 2.37. The van der Waals surface area contributed by atoms with Crippen LogP contribution in [0.15, 0.2) is 0 Å². The Labute approximate surface area is 439 Å². The molecule has 0 bridgehead atoms. The molecule has 0 amide bonds. The number of carbonyl (C=O) groups excluding carboxylic acids is 1. The van der Waals surface area contributed by atoms with E-state index in [0.29, 0.717) is 0 Å². The van der Waals surface area contributed by atoms with Gasteiger partial charge in [0.15, 0.2) is 44.0 Å². The van der Waals surface area contributed by atoms with Gasteiger partial charge in [-0.05, 0) is 0 Å². The summed E-state index contributed by atoms with van der Waals surface area (Å²) in [5, 5.41) is 242. The third-order valence-corrected chi connectivity index (χ3v) is 14.1. The molecule has 0 radical (unpaired) electrons. The lowest BCUT2D eigenvalue weighted by molar-refractivity contribution is -0.397. The summed E-state index contributed by atoms with van der Waals surface area (Å²) in [6.45, 7) is -7.20. The molecule has 456 valence electrons. The first-order valence-electron chi connectivity index (χ1n) is 24.4. The average molecular weight is 1150 g/mol. The van der Waals surface area contributed by atoms with E-state index in [-0.39, 0.29) is 6.29 Å². The fraction of sp³-hybridized carbons (Fsp3) is 0.976. The molecule has 0 spiro atoms. The highest BCUT2D eigenvalue weighted by molar-refractivity contribution is 5.56. The van der Waals surface area contributed by atoms with Gasteiger partial charge in [0.1, 0.15) is 171 Å². The maximum atomic E-state index is 11.3. The first-order chi connectivity index (χ1) is 37.0. The highest BCUT2D eigenvalue weighted by atomic mass is 16.8. The van der Waals surface area contributed by atoms with Crippen molar-refractivity contribution >= 4 is 6.29 Å². The van der Waals surface area contributed by atoms with Crippen LogP contribution in [0.4, 0.5) is 0 Å². The number of hydrogen-bond acceptors (Lipinski definition) is 36. The fourth-order valence-electron chi connectivity index (χ4n) is 9.55. The number of aldehydes is 1. The highest BCUT2D eigenvalue weighted by Gasteiger charge is 2.58. The Morgan fingerprint density at radius 3 is 0.833 bits per heavy atom. The van der Waals surface area contributed by atoms with E-state index in [0.717, 1.165) is 0 Å². The maximum absolute atomic E-state index is 11.3. The number of hydrogen-bond donors (Lipinski definition) is 23. The lowest BCUT2D eigenvalue weighted by Crippen LogP contribution is -2.68. The van der Waals surface area contributed by atoms with Crippen molar-refractivity contribution in [3.05, 3.63) is 0 Å². The third-order valence-electron chi connectivity index (χ3n) is 14.1. The van der Waals surface area contributed by atoms with Crippen molar-refractivity contribution in [2.24, 2.45) is 0 Å². The fourth-order valence-corrected chi connectivity index (χ4v) is 9.55. The van der Waals surface area contributed by atoms with Crippen LogP contribution in [0.1, 0.15) is 0 Å². The summed E-state index contributed by atoms with van der Waals surface area (Å²) in [7, 11) is 0. The number of ether oxygens (including phenoxy) is 12. The van der Waals surface area contributed by atoms with Gasteiger partial charge in [0.2, 0.25) is 0 Å². The van der Waals surface area contributed by atoms with Gasteiger partial charge in [-0.1, -0.05) is 0 Å². The molecule has 34 atom stereocenters. The predicted molar refractivity (Wildman–Crippen MR) is 233 cm³/mol. The molecular formula is C42H72O36. The Bertz CT molecular complexity index is 1790. The Kier molecular flexibility index (Phi) is 24.1. The van der Waals surface area contributed by atoms with Gasteiger partial charge in [-0.15, -0.1) is 0 Å². The van der Waals surface area contributed by atoms with Crippen LogP contribution < -0.4 is 0 Å². The summed E-state index contributed by atoms with van der Waals surface area (Å²) in [6, 6.07) is 0. The second-order valence-corrected chi connectivity index (χ2v) is 19.2. The molecule has 0 aromatic rings. The monoisotopic (exact) mass is 1150 g/mol. The first kappa shape index (κ1) is 65.4. The Balaban J connectivity index is 1.06. The molecule has 6 fully saturated rings. The molecule has 0 unspecified atom stereocenters. The summed E-state index contributed by atoms with van der Waals surface area (Å²) < 4.78 is 66.5. The van der Waals surface area contributed by atoms with E-state index in [4.69, 9.17) is 56.8 Å². The van der Waals surface area contributed by atoms with Gasteiger partial charge >= 0.3 is 0 Å². The molecular weight excluding hydrogens is 1080 g/mol. The molecule has 36 nitrogen and oxygen atoms in total. The zero-order valence-electron chi connectivity index (χ0n) is 40.8. The van der Waals surface area contributed by atoms with Crippen molar-refractivity contribution in [3.63, 3.8) is 0 Å². The van der Waals surface area contributed by atoms with Crippen molar-refractivity contribution in [2.75, 3.05) is 46.2 Å². The van der Waals surface area contributed by atoms with E-state index in [1.54, 1.807) is 0 Å². The zero-order valence-corrected chi connectivity index (χ0v) is 40.8. The van der Waals surface area contributed by atoms with Gasteiger partial charge in [0, 0.05) is 0 Å². The number of aliphatic hydroxyl groups is 23. The van der Waals surface area contributed by atoms with Crippen molar-refractivity contribution < 1.29 is 179 Å². The molecule has 6 aliphatic heterocycles. The van der Waals surface area contributed by atoms with E-state index in [1.165, 1.54) is 0 Å². The van der Waals surface area contributed by atoms with Gasteiger partial charge in [-0.25, -0.2) is 0 Å². The predicted octanol–water partition coefficient (Wildman–Crippen LogP) is -16.4. The molecule has 0 aromatic carbocycles. The molecule has 0 saturated carbocycles. The molecule has 6 heterocycles. The Morgan fingerprint density at radius 1 is 0.333 bits per heavy atom. The Morgan fingerprint density at radius 2 is 0.577 bits per heavy atom. The third kappa shape index (κ3) is 13.8. The summed E-state index contributed by atoms with van der Waals surface area (Å²) in [4.78, 5) is 11.1. The number of carbonyl (C=O) groups is 1. The van der Waals surface area contributed by atoms with Gasteiger partial charge in [0.05, 0.1) is 46.2 Å². The summed E-state index contributed by atoms with van der Waals surface area (Å²) >= 11 is 0. The SMILES string of the molecule is O=C[C@H](O)[C@@H](O)[C@H](O[C@H]1O[C@H](CO)[C@@H](O[C@H]2O[C@H](CO)[C@@H](O[C@H]3O[C@H](CO)[C@@H](O[C@H]4O[C@H](CO)[C@@H](O[C@H]5O[C@H](CO)[C@@H](O[C@H]6O[C@H](CO)[C@@H](O)[C@H](O)[C@H]6O)[C@H](O)[C@H]5O)[C@H](O)[C@H]4O)[C@H](O)[C@H]3O)[C@H](O)[C@H]2O)[C@H](O)[C@H]1O)[C@H](O)CO. The molecule has 6 aliphatic rings. The largest absolute Gasteiger partial charge is 0.394 e. The zero-order chi connectivity index (χ0) is 57.8. The van der Waals surface area contributed by atoms with Crippen molar-refractivity contribution in [1.82, 2.24) is 0 Å². The lowest BCUT2D eigenvalue weighted by atomic mass is 9.95. The standard InChI is InChI=1S/C42H72O36/c43-1-9(51)17(53)31(10(52)2-44)73-38-26(62)20(56)33(12(4-46)68-38)75-40-28(64)22(58)35(14(6-48)70-40)77-42-30(66)24(60)36(16(8-50)72-42)78-41-29(65)23(59)34(15(7-49)71-41)76-39-27(63)21(57)32(13(5-47)69-39)74-37-25(61)19(55)18(54)11(3-45)67-37/h1,9-42,44-66H,2-8H2/t9-,10+,11+,12+,13+,14+,15+,16+,17+,18+,19-,20+,21+,22+,23+,24+,25+,26+,27+,28+,29+,30+,31+,32+,33+,34+,35+,36+,37+,38+,39+,40+,41+,42+/m0/s1. The minimum atomic E-state index is -2.24. The topological polar surface area (TPSA) is 593 Å². The number of aliphatic hydroxyl groups excluding tert-OH is 23. The van der Waals surface area contributed by atoms with Crippen molar-refractivity contribution in [2.45, 2.75) is 209 Å². The quantitative estimate of drug-likeness (QED) is 0.0423. The van der Waals surface area contributed by atoms with Crippen LogP contribution in [0.5, 0.6) is 0 Å². The first-order valence-corrected chi connectivity index (χ1v) is 24.4. The van der Waals surface area contributed by atoms with E-state index in [2.05, 4.69) is 0 Å². The molecule has 78 heavy (non-hydrogen) atoms. The van der Waals surface area contributed by atoms with E-state index >= 15 is 0 Å². The van der Waals surface area contributed by atoms with Crippen molar-refractivity contribution in [3.8, 4) is 0 Å². The minimum Gasteiger partial charge on any atom is -0.394 e. The normalized spacial score (nSPS) is 49.2. The lowest BCUT2D eigenvalue weighted by Gasteiger charge is -2.50. The van der Waals surface area contributed by atoms with Gasteiger partial charge in [-0.3, -0.25) is 0 Å². The molecule has 0 aromatic heterocycles. The van der Waals surface area contributed by atoms with E-state index in [9.17, 15) is 122 Å². The molecule has 36 heteroatoms. The average Bonchev–Trinajstić information content (AvgIpc) is 3.44. The van der Waals surface area contributed by atoms with Crippen LogP contribution in [0.25, 0.3) is 0 Å². The smallest absolute Gasteiger partial charge is 0.187 e. The van der Waals surface area contributed by atoms with Gasteiger partial charge < -0.3 is 179 Å². The van der Waals surface area contributed by atoms with Gasteiger partial charge in [-0.2, -0.15) is 0 Å². The van der Waals surface area contributed by atoms with Crippen molar-refractivity contribution in [1.29, 1.82) is 0 Å². The second kappa shape index (κ2) is 28.7. The van der Waals surface area contributed by atoms with Gasteiger partial charge in [0.25, 0.3) is 0 Å². The molecule has 6 saturated heterocycles. The van der Waals surface area contributed by atoms with Crippen LogP contribution in [-0.4, -0.2) is 379 Å². The second-order valence-electron chi connectivity index (χ2n) is 19.2. The molecule has 23 N–H and O–H groups in total. The molecule has 0 aliphatic carbocycles. The number of rotatable bonds is 23. The Hall–Kier alpha value is -1.73. The summed E-state index contributed by atoms with van der Waals surface area (Å²) in [6.07, 6.45) is -67.7. The van der Waals surface area contributed by atoms with Crippen LogP contribution in [-0.2, 0) is 61.6 Å². The van der Waals surface area contributed by atoms with Crippen LogP contribution >= 0.6 is 0 Å². The summed E-state index contributed by atoms with van der Waals surface area (Å²) in [5.74, 6) is 0.